The van der Waals surface area contributed by atoms with Gasteiger partial charge in [0, 0.05) is 0 Å². The van der Waals surface area contributed by atoms with Crippen LogP contribution in [0.15, 0.2) is 35.2 Å². The molecule has 23 heavy (non-hydrogen) atoms. The van der Waals surface area contributed by atoms with E-state index in [1.807, 2.05) is 0 Å². The molecule has 2 aromatic carbocycles. The molecule has 2 N–H and O–H groups in total. The van der Waals surface area contributed by atoms with Crippen LogP contribution in [0, 0.1) is 26.6 Å². The van der Waals surface area contributed by atoms with Gasteiger partial charge in [-0.25, -0.2) is 17.6 Å². The van der Waals surface area contributed by atoms with E-state index in [4.69, 9.17) is 5.11 Å². The van der Waals surface area contributed by atoms with Gasteiger partial charge in [-0.2, -0.15) is 0 Å². The number of rotatable bonds is 4. The van der Waals surface area contributed by atoms with E-state index in [0.717, 1.165) is 12.1 Å². The molecular weight excluding hydrogens is 321 g/mol. The Labute approximate surface area is 133 Å². The van der Waals surface area contributed by atoms with Gasteiger partial charge in [-0.3, -0.25) is 4.72 Å². The molecule has 2 rings (SSSR count). The van der Waals surface area contributed by atoms with E-state index >= 15 is 0 Å². The SMILES string of the molecule is Cc1ccc(F)cc1NS(=O)(=O)c1cc(C(=O)O)cc(C)c1C. The van der Waals surface area contributed by atoms with Gasteiger partial charge in [-0.15, -0.1) is 0 Å². The molecular formula is C16H16FNO4S. The van der Waals surface area contributed by atoms with Gasteiger partial charge in [0.15, 0.2) is 0 Å². The average Bonchev–Trinajstić information content (AvgIpc) is 2.44. The predicted octanol–water partition coefficient (Wildman–Crippen LogP) is 3.25. The zero-order valence-electron chi connectivity index (χ0n) is 12.8. The Bertz CT molecular complexity index is 891. The molecule has 0 aliphatic heterocycles. The van der Waals surface area contributed by atoms with Crippen LogP contribution in [0.5, 0.6) is 0 Å². The van der Waals surface area contributed by atoms with Crippen LogP contribution in [0.25, 0.3) is 0 Å². The summed E-state index contributed by atoms with van der Waals surface area (Å²) in [6.07, 6.45) is 0. The first-order valence-electron chi connectivity index (χ1n) is 6.75. The fourth-order valence-electron chi connectivity index (χ4n) is 2.13. The standard InChI is InChI=1S/C16H16FNO4S/c1-9-4-5-13(17)8-14(9)18-23(21,22)15-7-12(16(19)20)6-10(2)11(15)3/h4-8,18H,1-3H3,(H,19,20). The average molecular weight is 337 g/mol. The summed E-state index contributed by atoms with van der Waals surface area (Å²) in [4.78, 5) is 11.0. The predicted molar refractivity (Wildman–Crippen MR) is 84.8 cm³/mol. The van der Waals surface area contributed by atoms with Crippen LogP contribution in [0.1, 0.15) is 27.0 Å². The maximum Gasteiger partial charge on any atom is 0.335 e. The number of anilines is 1. The zero-order chi connectivity index (χ0) is 17.4. The molecule has 0 saturated carbocycles. The van der Waals surface area contributed by atoms with Crippen LogP contribution < -0.4 is 4.72 Å². The molecule has 0 aromatic heterocycles. The monoisotopic (exact) mass is 337 g/mol. The van der Waals surface area contributed by atoms with E-state index in [1.54, 1.807) is 20.8 Å². The number of carboxylic acid groups (broad SMARTS) is 1. The molecule has 0 saturated heterocycles. The van der Waals surface area contributed by atoms with Gasteiger partial charge in [0.1, 0.15) is 5.82 Å². The molecule has 7 heteroatoms. The normalized spacial score (nSPS) is 11.3. The number of aryl methyl sites for hydroxylation is 2. The summed E-state index contributed by atoms with van der Waals surface area (Å²) in [5.41, 5.74) is 1.53. The third kappa shape index (κ3) is 3.50. The fourth-order valence-corrected chi connectivity index (χ4v) is 3.60. The molecule has 0 aliphatic carbocycles. The number of hydrogen-bond donors (Lipinski definition) is 2. The van der Waals surface area contributed by atoms with Gasteiger partial charge in [0.25, 0.3) is 10.0 Å². The minimum absolute atomic E-state index is 0.114. The first-order chi connectivity index (χ1) is 10.6. The Hall–Kier alpha value is -2.41. The van der Waals surface area contributed by atoms with Crippen LogP contribution in [0.4, 0.5) is 10.1 Å². The number of carboxylic acids is 1. The highest BCUT2D eigenvalue weighted by Gasteiger charge is 2.21. The van der Waals surface area contributed by atoms with Crippen molar-refractivity contribution in [3.05, 3.63) is 58.4 Å². The first-order valence-corrected chi connectivity index (χ1v) is 8.23. The molecule has 0 aliphatic rings. The van der Waals surface area contributed by atoms with Crippen LogP contribution in [-0.2, 0) is 10.0 Å². The van der Waals surface area contributed by atoms with E-state index in [-0.39, 0.29) is 16.1 Å². The number of hydrogen-bond acceptors (Lipinski definition) is 3. The second-order valence-corrected chi connectivity index (χ2v) is 6.94. The summed E-state index contributed by atoms with van der Waals surface area (Å²) in [7, 11) is -4.04. The molecule has 0 heterocycles. The lowest BCUT2D eigenvalue weighted by atomic mass is 10.1. The van der Waals surface area contributed by atoms with Crippen molar-refractivity contribution in [3.8, 4) is 0 Å². The minimum Gasteiger partial charge on any atom is -0.478 e. The van der Waals surface area contributed by atoms with Crippen molar-refractivity contribution >= 4 is 21.7 Å². The van der Waals surface area contributed by atoms with Crippen molar-refractivity contribution in [2.75, 3.05) is 4.72 Å². The van der Waals surface area contributed by atoms with Crippen LogP contribution in [0.3, 0.4) is 0 Å². The van der Waals surface area contributed by atoms with Crippen molar-refractivity contribution in [1.29, 1.82) is 0 Å². The summed E-state index contributed by atoms with van der Waals surface area (Å²) in [6.45, 7) is 4.87. The van der Waals surface area contributed by atoms with E-state index in [2.05, 4.69) is 4.72 Å². The summed E-state index contributed by atoms with van der Waals surface area (Å²) in [6, 6.07) is 6.27. The fraction of sp³-hybridized carbons (Fsp3) is 0.188. The molecule has 0 radical (unpaired) electrons. The highest BCUT2D eigenvalue weighted by atomic mass is 32.2. The number of nitrogens with one attached hydrogen (secondary N) is 1. The van der Waals surface area contributed by atoms with Crippen LogP contribution in [0.2, 0.25) is 0 Å². The summed E-state index contributed by atoms with van der Waals surface area (Å²) in [5.74, 6) is -1.79. The molecule has 5 nitrogen and oxygen atoms in total. The van der Waals surface area contributed by atoms with E-state index in [1.165, 1.54) is 18.2 Å². The molecule has 122 valence electrons. The van der Waals surface area contributed by atoms with Gasteiger partial charge in [0.05, 0.1) is 16.1 Å². The molecule has 0 spiro atoms. The largest absolute Gasteiger partial charge is 0.478 e. The summed E-state index contributed by atoms with van der Waals surface area (Å²) in [5, 5.41) is 9.10. The Balaban J connectivity index is 2.56. The highest BCUT2D eigenvalue weighted by Crippen LogP contribution is 2.25. The Morgan fingerprint density at radius 3 is 2.35 bits per heavy atom. The molecule has 0 bridgehead atoms. The molecule has 0 amide bonds. The van der Waals surface area contributed by atoms with Crippen LogP contribution >= 0.6 is 0 Å². The third-order valence-electron chi connectivity index (χ3n) is 3.60. The molecule has 0 unspecified atom stereocenters. The summed E-state index contributed by atoms with van der Waals surface area (Å²) < 4.78 is 40.8. The number of aromatic carboxylic acids is 1. The lowest BCUT2D eigenvalue weighted by molar-refractivity contribution is 0.0696. The smallest absolute Gasteiger partial charge is 0.335 e. The van der Waals surface area contributed by atoms with Crippen molar-refractivity contribution < 1.29 is 22.7 Å². The van der Waals surface area contributed by atoms with Crippen molar-refractivity contribution in [3.63, 3.8) is 0 Å². The van der Waals surface area contributed by atoms with Gasteiger partial charge in [-0.1, -0.05) is 6.07 Å². The molecule has 2 aromatic rings. The van der Waals surface area contributed by atoms with E-state index in [0.29, 0.717) is 16.7 Å². The topological polar surface area (TPSA) is 83.5 Å². The number of halogens is 1. The third-order valence-corrected chi connectivity index (χ3v) is 5.09. The van der Waals surface area contributed by atoms with Crippen molar-refractivity contribution in [2.45, 2.75) is 25.7 Å². The van der Waals surface area contributed by atoms with Gasteiger partial charge >= 0.3 is 5.97 Å². The summed E-state index contributed by atoms with van der Waals surface area (Å²) >= 11 is 0. The Kier molecular flexibility index (Phi) is 4.42. The highest BCUT2D eigenvalue weighted by molar-refractivity contribution is 7.92. The van der Waals surface area contributed by atoms with Gasteiger partial charge in [-0.05, 0) is 61.7 Å². The molecule has 0 atom stereocenters. The number of sulfonamides is 1. The van der Waals surface area contributed by atoms with E-state index < -0.39 is 21.8 Å². The lowest BCUT2D eigenvalue weighted by Gasteiger charge is -2.14. The van der Waals surface area contributed by atoms with Crippen LogP contribution in [-0.4, -0.2) is 19.5 Å². The van der Waals surface area contributed by atoms with E-state index in [9.17, 15) is 17.6 Å². The van der Waals surface area contributed by atoms with Crippen molar-refractivity contribution in [2.24, 2.45) is 0 Å². The molecule has 0 fully saturated rings. The lowest BCUT2D eigenvalue weighted by Crippen LogP contribution is -2.16. The minimum atomic E-state index is -4.04. The zero-order valence-corrected chi connectivity index (χ0v) is 13.7. The van der Waals surface area contributed by atoms with Gasteiger partial charge < -0.3 is 5.11 Å². The maximum absolute atomic E-state index is 13.3. The maximum atomic E-state index is 13.3. The van der Waals surface area contributed by atoms with Crippen molar-refractivity contribution in [1.82, 2.24) is 0 Å². The second kappa shape index (κ2) is 6.00. The first kappa shape index (κ1) is 17.0. The number of carbonyl (C=O) groups is 1. The Morgan fingerprint density at radius 1 is 1.09 bits per heavy atom. The number of benzene rings is 2. The van der Waals surface area contributed by atoms with Gasteiger partial charge in [0.2, 0.25) is 0 Å². The quantitative estimate of drug-likeness (QED) is 0.897. The Morgan fingerprint density at radius 2 is 1.74 bits per heavy atom. The second-order valence-electron chi connectivity index (χ2n) is 5.29.